The Morgan fingerprint density at radius 3 is 2.31 bits per heavy atom. The third-order valence-electron chi connectivity index (χ3n) is 6.94. The summed E-state index contributed by atoms with van der Waals surface area (Å²) >= 11 is 1.61. The van der Waals surface area contributed by atoms with Gasteiger partial charge in [-0.3, -0.25) is 14.4 Å². The van der Waals surface area contributed by atoms with E-state index in [0.29, 0.717) is 49.6 Å². The highest BCUT2D eigenvalue weighted by molar-refractivity contribution is 7.08. The van der Waals surface area contributed by atoms with Gasteiger partial charge in [0, 0.05) is 43.5 Å². The number of carboxylic acid groups (broad SMARTS) is 2. The molecule has 8 nitrogen and oxygen atoms in total. The van der Waals surface area contributed by atoms with Crippen molar-refractivity contribution in [1.29, 1.82) is 0 Å². The Balaban J connectivity index is 1.80. The molecule has 0 unspecified atom stereocenters. The summed E-state index contributed by atoms with van der Waals surface area (Å²) in [6.45, 7) is 11.9. The molecule has 0 aliphatic carbocycles. The zero-order valence-corrected chi connectivity index (χ0v) is 25.3. The SMILES string of the molecule is C=C(CCOc1cc(C(=O)N(CC)CC)cc(-c2cscc2C)c1)c1cccc(OCCCC(=O)O)c1CCC(=O)O. The van der Waals surface area contributed by atoms with E-state index in [1.54, 1.807) is 28.4 Å². The number of hydrogen-bond donors (Lipinski definition) is 2. The average Bonchev–Trinajstić information content (AvgIpc) is 3.40. The van der Waals surface area contributed by atoms with Crippen LogP contribution in [0, 0.1) is 6.92 Å². The monoisotopic (exact) mass is 593 g/mol. The van der Waals surface area contributed by atoms with Crippen LogP contribution in [0.25, 0.3) is 16.7 Å². The van der Waals surface area contributed by atoms with Crippen LogP contribution in [0.2, 0.25) is 0 Å². The topological polar surface area (TPSA) is 113 Å². The van der Waals surface area contributed by atoms with E-state index in [0.717, 1.165) is 33.4 Å². The van der Waals surface area contributed by atoms with Gasteiger partial charge < -0.3 is 24.6 Å². The summed E-state index contributed by atoms with van der Waals surface area (Å²) in [5, 5.41) is 22.3. The summed E-state index contributed by atoms with van der Waals surface area (Å²) in [6.07, 6.45) is 0.964. The summed E-state index contributed by atoms with van der Waals surface area (Å²) < 4.78 is 12.0. The average molecular weight is 594 g/mol. The zero-order chi connectivity index (χ0) is 30.6. The highest BCUT2D eigenvalue weighted by Gasteiger charge is 2.18. The molecule has 2 aromatic carbocycles. The van der Waals surface area contributed by atoms with E-state index >= 15 is 0 Å². The largest absolute Gasteiger partial charge is 0.493 e. The van der Waals surface area contributed by atoms with Crippen molar-refractivity contribution in [3.63, 3.8) is 0 Å². The lowest BCUT2D eigenvalue weighted by atomic mass is 9.95. The molecule has 0 atom stereocenters. The van der Waals surface area contributed by atoms with Gasteiger partial charge in [0.2, 0.25) is 0 Å². The lowest BCUT2D eigenvalue weighted by molar-refractivity contribution is -0.138. The number of aliphatic carboxylic acids is 2. The van der Waals surface area contributed by atoms with Gasteiger partial charge in [0.1, 0.15) is 11.5 Å². The van der Waals surface area contributed by atoms with Gasteiger partial charge in [-0.2, -0.15) is 11.3 Å². The van der Waals surface area contributed by atoms with Gasteiger partial charge in [0.15, 0.2) is 0 Å². The van der Waals surface area contributed by atoms with Crippen molar-refractivity contribution in [3.05, 3.63) is 76.0 Å². The van der Waals surface area contributed by atoms with E-state index < -0.39 is 11.9 Å². The molecule has 0 saturated carbocycles. The first-order valence-corrected chi connectivity index (χ1v) is 15.1. The van der Waals surface area contributed by atoms with Crippen molar-refractivity contribution < 1.29 is 34.1 Å². The van der Waals surface area contributed by atoms with Gasteiger partial charge in [0.25, 0.3) is 5.91 Å². The van der Waals surface area contributed by atoms with Gasteiger partial charge in [-0.05, 0) is 96.5 Å². The first kappa shape index (κ1) is 32.4. The quantitative estimate of drug-likeness (QED) is 0.163. The third kappa shape index (κ3) is 8.94. The van der Waals surface area contributed by atoms with Crippen LogP contribution < -0.4 is 9.47 Å². The predicted molar refractivity (Wildman–Crippen MR) is 166 cm³/mol. The second-order valence-electron chi connectivity index (χ2n) is 9.92. The Hall–Kier alpha value is -4.11. The van der Waals surface area contributed by atoms with Crippen molar-refractivity contribution in [2.24, 2.45) is 0 Å². The molecule has 42 heavy (non-hydrogen) atoms. The normalized spacial score (nSPS) is 10.7. The molecule has 0 bridgehead atoms. The maximum Gasteiger partial charge on any atom is 0.303 e. The molecular formula is C33H39NO7S. The lowest BCUT2D eigenvalue weighted by Crippen LogP contribution is -2.30. The molecule has 2 N–H and O–H groups in total. The fraction of sp³-hybridized carbons (Fsp3) is 0.364. The Bertz CT molecular complexity index is 1410. The van der Waals surface area contributed by atoms with E-state index in [1.165, 1.54) is 0 Å². The molecular weight excluding hydrogens is 554 g/mol. The number of benzene rings is 2. The Labute approximate surface area is 251 Å². The number of rotatable bonds is 17. The van der Waals surface area contributed by atoms with E-state index in [9.17, 15) is 19.5 Å². The zero-order valence-electron chi connectivity index (χ0n) is 24.5. The molecule has 0 saturated heterocycles. The van der Waals surface area contributed by atoms with Crippen LogP contribution in [0.1, 0.15) is 66.6 Å². The maximum atomic E-state index is 13.2. The van der Waals surface area contributed by atoms with Crippen LogP contribution in [0.3, 0.4) is 0 Å². The summed E-state index contributed by atoms with van der Waals surface area (Å²) in [6, 6.07) is 11.1. The van der Waals surface area contributed by atoms with Crippen LogP contribution in [-0.2, 0) is 16.0 Å². The molecule has 9 heteroatoms. The smallest absolute Gasteiger partial charge is 0.303 e. The molecule has 1 amide bonds. The lowest BCUT2D eigenvalue weighted by Gasteiger charge is -2.20. The van der Waals surface area contributed by atoms with E-state index in [2.05, 4.69) is 17.3 Å². The predicted octanol–water partition coefficient (Wildman–Crippen LogP) is 6.95. The van der Waals surface area contributed by atoms with Gasteiger partial charge in [-0.1, -0.05) is 18.7 Å². The number of amides is 1. The number of carbonyl (C=O) groups is 3. The van der Waals surface area contributed by atoms with Crippen molar-refractivity contribution in [3.8, 4) is 22.6 Å². The summed E-state index contributed by atoms with van der Waals surface area (Å²) in [5.74, 6) is -0.756. The summed E-state index contributed by atoms with van der Waals surface area (Å²) in [5.41, 5.74) is 5.95. The van der Waals surface area contributed by atoms with Crippen LogP contribution >= 0.6 is 11.3 Å². The maximum absolute atomic E-state index is 13.2. The van der Waals surface area contributed by atoms with E-state index in [-0.39, 0.29) is 31.8 Å². The number of aryl methyl sites for hydroxylation is 1. The van der Waals surface area contributed by atoms with Crippen molar-refractivity contribution in [2.75, 3.05) is 26.3 Å². The molecule has 3 aromatic rings. The fourth-order valence-electron chi connectivity index (χ4n) is 4.67. The Morgan fingerprint density at radius 2 is 1.67 bits per heavy atom. The number of thiophene rings is 1. The molecule has 224 valence electrons. The molecule has 0 aliphatic rings. The molecule has 3 rings (SSSR count). The van der Waals surface area contributed by atoms with Crippen LogP contribution in [-0.4, -0.2) is 59.3 Å². The third-order valence-corrected chi connectivity index (χ3v) is 7.80. The van der Waals surface area contributed by atoms with Gasteiger partial charge in [-0.15, -0.1) is 0 Å². The number of hydrogen-bond acceptors (Lipinski definition) is 6. The first-order chi connectivity index (χ1) is 20.1. The molecule has 0 aliphatic heterocycles. The minimum Gasteiger partial charge on any atom is -0.493 e. The molecule has 1 aromatic heterocycles. The second kappa shape index (κ2) is 15.8. The second-order valence-corrected chi connectivity index (χ2v) is 10.7. The number of nitrogens with zero attached hydrogens (tertiary/aromatic N) is 1. The Morgan fingerprint density at radius 1 is 0.929 bits per heavy atom. The summed E-state index contributed by atoms with van der Waals surface area (Å²) in [7, 11) is 0. The van der Waals surface area contributed by atoms with E-state index in [4.69, 9.17) is 14.6 Å². The number of carboxylic acids is 2. The van der Waals surface area contributed by atoms with Gasteiger partial charge in [0.05, 0.1) is 13.2 Å². The fourth-order valence-corrected chi connectivity index (χ4v) is 5.52. The highest BCUT2D eigenvalue weighted by Crippen LogP contribution is 2.33. The standard InChI is InChI=1S/C33H39NO7S/c1-5-34(6-2)33(39)25-17-24(29-21-42-20-23(29)4)18-26(19-25)40-16-14-22(3)27-9-7-10-30(28(27)12-13-32(37)38)41-15-8-11-31(35)36/h7,9-10,17-21H,3,5-6,8,11-16H2,1-2,4H3,(H,35,36)(H,37,38). The number of ether oxygens (including phenoxy) is 2. The minimum absolute atomic E-state index is 0.0103. The highest BCUT2D eigenvalue weighted by atomic mass is 32.1. The van der Waals surface area contributed by atoms with Crippen LogP contribution in [0.5, 0.6) is 11.5 Å². The Kier molecular flexibility index (Phi) is 12.2. The van der Waals surface area contributed by atoms with Gasteiger partial charge in [-0.25, -0.2) is 0 Å². The van der Waals surface area contributed by atoms with Crippen LogP contribution in [0.15, 0.2) is 53.7 Å². The van der Waals surface area contributed by atoms with Gasteiger partial charge >= 0.3 is 11.9 Å². The van der Waals surface area contributed by atoms with E-state index in [1.807, 2.05) is 45.0 Å². The van der Waals surface area contributed by atoms with Crippen molar-refractivity contribution >= 4 is 34.8 Å². The molecule has 0 fully saturated rings. The first-order valence-electron chi connectivity index (χ1n) is 14.1. The molecule has 1 heterocycles. The molecule has 0 spiro atoms. The minimum atomic E-state index is -0.925. The van der Waals surface area contributed by atoms with Crippen molar-refractivity contribution in [2.45, 2.75) is 52.9 Å². The van der Waals surface area contributed by atoms with Crippen molar-refractivity contribution in [1.82, 2.24) is 4.90 Å². The van der Waals surface area contributed by atoms with Crippen LogP contribution in [0.4, 0.5) is 0 Å². The molecule has 0 radical (unpaired) electrons. The number of carbonyl (C=O) groups excluding carboxylic acids is 1. The summed E-state index contributed by atoms with van der Waals surface area (Å²) in [4.78, 5) is 37.2.